The lowest BCUT2D eigenvalue weighted by Crippen LogP contribution is -2.55. The lowest BCUT2D eigenvalue weighted by Gasteiger charge is -2.55. The molecule has 3 rings (SSSR count). The highest BCUT2D eigenvalue weighted by Gasteiger charge is 2.52. The Morgan fingerprint density at radius 1 is 1.17 bits per heavy atom. The summed E-state index contributed by atoms with van der Waals surface area (Å²) in [7, 11) is 0. The Labute approximate surface area is 145 Å². The van der Waals surface area contributed by atoms with Crippen LogP contribution in [0.4, 0.5) is 0 Å². The number of rotatable bonds is 2. The van der Waals surface area contributed by atoms with Crippen LogP contribution in [0.3, 0.4) is 0 Å². The van der Waals surface area contributed by atoms with Crippen LogP contribution in [0.25, 0.3) is 0 Å². The van der Waals surface area contributed by atoms with Gasteiger partial charge in [-0.2, -0.15) is 0 Å². The van der Waals surface area contributed by atoms with E-state index < -0.39 is 0 Å². The van der Waals surface area contributed by atoms with Crippen LogP contribution >= 0.6 is 0 Å². The maximum Gasteiger partial charge on any atom is 0.0352 e. The first-order chi connectivity index (χ1) is 10.9. The summed E-state index contributed by atoms with van der Waals surface area (Å²) in [6, 6.07) is 0.598. The number of hydrogen-bond donors (Lipinski definition) is 1. The molecular weight excluding hydrogens is 278 g/mol. The largest absolute Gasteiger partial charge is 0.382 e. The Morgan fingerprint density at radius 2 is 1.87 bits per heavy atom. The predicted molar refractivity (Wildman–Crippen MR) is 102 cm³/mol. The number of allylic oxidation sites excluding steroid dienone is 1. The fourth-order valence-corrected chi connectivity index (χ4v) is 5.98. The molecule has 132 valence electrons. The molecule has 2 fully saturated rings. The Balaban J connectivity index is 0.000000924. The van der Waals surface area contributed by atoms with Crippen molar-refractivity contribution in [3.05, 3.63) is 24.4 Å². The first kappa shape index (κ1) is 18.6. The second kappa shape index (κ2) is 7.03. The van der Waals surface area contributed by atoms with Gasteiger partial charge >= 0.3 is 0 Å². The van der Waals surface area contributed by atoms with Crippen molar-refractivity contribution < 1.29 is 0 Å². The van der Waals surface area contributed by atoms with Gasteiger partial charge in [0.05, 0.1) is 0 Å². The average Bonchev–Trinajstić information content (AvgIpc) is 2.88. The van der Waals surface area contributed by atoms with Gasteiger partial charge in [0, 0.05) is 17.2 Å². The van der Waals surface area contributed by atoms with Gasteiger partial charge in [0.25, 0.3) is 0 Å². The van der Waals surface area contributed by atoms with Crippen LogP contribution < -0.4 is 5.32 Å². The highest BCUT2D eigenvalue weighted by molar-refractivity contribution is 5.26. The number of fused-ring (bicyclic) bond motifs is 1. The topological polar surface area (TPSA) is 12.0 Å². The molecule has 0 amide bonds. The summed E-state index contributed by atoms with van der Waals surface area (Å²) in [4.78, 5) is 0. The molecule has 5 atom stereocenters. The van der Waals surface area contributed by atoms with Crippen molar-refractivity contribution in [1.82, 2.24) is 5.32 Å². The van der Waals surface area contributed by atoms with Crippen molar-refractivity contribution in [1.29, 1.82) is 0 Å². The molecule has 2 aliphatic carbocycles. The van der Waals surface area contributed by atoms with Gasteiger partial charge in [-0.05, 0) is 54.9 Å². The van der Waals surface area contributed by atoms with Crippen molar-refractivity contribution in [2.24, 2.45) is 28.6 Å². The summed E-state index contributed by atoms with van der Waals surface area (Å²) < 4.78 is 0. The minimum atomic E-state index is 0.317. The molecule has 0 aromatic heterocycles. The number of hydrogen-bond acceptors (Lipinski definition) is 1. The minimum absolute atomic E-state index is 0.317. The lowest BCUT2D eigenvalue weighted by atomic mass is 9.53. The predicted octanol–water partition coefficient (Wildman–Crippen LogP) is 6.32. The van der Waals surface area contributed by atoms with Crippen LogP contribution in [-0.2, 0) is 0 Å². The maximum atomic E-state index is 4.11. The van der Waals surface area contributed by atoms with Gasteiger partial charge in [-0.15, -0.1) is 0 Å². The van der Waals surface area contributed by atoms with E-state index in [1.54, 1.807) is 0 Å². The van der Waals surface area contributed by atoms with E-state index in [0.717, 1.165) is 23.5 Å². The smallest absolute Gasteiger partial charge is 0.0352 e. The Bertz CT molecular complexity index is 447. The van der Waals surface area contributed by atoms with Gasteiger partial charge in [0.2, 0.25) is 0 Å². The molecule has 2 saturated carbocycles. The van der Waals surface area contributed by atoms with Gasteiger partial charge < -0.3 is 5.32 Å². The minimum Gasteiger partial charge on any atom is -0.382 e. The van der Waals surface area contributed by atoms with E-state index in [1.807, 2.05) is 13.8 Å². The fraction of sp³-hybridized carbons (Fsp3) is 0.818. The third-order valence-electron chi connectivity index (χ3n) is 7.16. The Hall–Kier alpha value is -0.720. The van der Waals surface area contributed by atoms with Gasteiger partial charge in [0.15, 0.2) is 0 Å². The van der Waals surface area contributed by atoms with E-state index in [0.29, 0.717) is 16.9 Å². The first-order valence-electron chi connectivity index (χ1n) is 10.0. The van der Waals surface area contributed by atoms with Crippen molar-refractivity contribution in [3.8, 4) is 0 Å². The van der Waals surface area contributed by atoms with Gasteiger partial charge in [-0.3, -0.25) is 0 Å². The number of nitrogens with one attached hydrogen (secondary N) is 1. The van der Waals surface area contributed by atoms with E-state index in [-0.39, 0.29) is 0 Å². The molecule has 1 aliphatic heterocycles. The van der Waals surface area contributed by atoms with E-state index in [2.05, 4.69) is 51.7 Å². The van der Waals surface area contributed by atoms with Crippen LogP contribution in [0.2, 0.25) is 0 Å². The zero-order chi connectivity index (χ0) is 17.3. The van der Waals surface area contributed by atoms with Crippen LogP contribution in [0, 0.1) is 28.6 Å². The normalized spacial score (nSPS) is 41.6. The molecule has 0 spiro atoms. The van der Waals surface area contributed by atoms with Crippen LogP contribution in [0.5, 0.6) is 0 Å². The second-order valence-electron chi connectivity index (χ2n) is 8.66. The maximum absolute atomic E-state index is 4.11. The van der Waals surface area contributed by atoms with E-state index in [9.17, 15) is 0 Å². The van der Waals surface area contributed by atoms with Crippen molar-refractivity contribution in [2.45, 2.75) is 86.1 Å². The molecule has 23 heavy (non-hydrogen) atoms. The van der Waals surface area contributed by atoms with Gasteiger partial charge in [-0.25, -0.2) is 0 Å². The van der Waals surface area contributed by atoms with Crippen molar-refractivity contribution in [2.75, 3.05) is 0 Å². The summed E-state index contributed by atoms with van der Waals surface area (Å²) in [6.45, 7) is 18.0. The molecule has 0 radical (unpaired) electrons. The summed E-state index contributed by atoms with van der Waals surface area (Å²) in [6.07, 6.45) is 13.1. The SMILES string of the molecule is C=C1C=CC2(C)C(CCC(C3CCCC3(C)C)C2CC)N1.CC. The molecule has 0 aromatic carbocycles. The van der Waals surface area contributed by atoms with Crippen LogP contribution in [-0.4, -0.2) is 6.04 Å². The second-order valence-corrected chi connectivity index (χ2v) is 8.66. The Morgan fingerprint density at radius 3 is 2.43 bits per heavy atom. The van der Waals surface area contributed by atoms with E-state index >= 15 is 0 Å². The molecule has 3 aliphatic rings. The van der Waals surface area contributed by atoms with Crippen molar-refractivity contribution >= 4 is 0 Å². The van der Waals surface area contributed by atoms with Crippen molar-refractivity contribution in [3.63, 3.8) is 0 Å². The van der Waals surface area contributed by atoms with E-state index in [1.165, 1.54) is 38.5 Å². The average molecular weight is 318 g/mol. The van der Waals surface area contributed by atoms with Crippen LogP contribution in [0.15, 0.2) is 24.4 Å². The highest BCUT2D eigenvalue weighted by Crippen LogP contribution is 2.57. The molecule has 0 saturated heterocycles. The van der Waals surface area contributed by atoms with Gasteiger partial charge in [-0.1, -0.05) is 67.0 Å². The van der Waals surface area contributed by atoms with Gasteiger partial charge in [0.1, 0.15) is 0 Å². The molecular formula is C22H39N. The molecule has 1 heteroatoms. The first-order valence-corrected chi connectivity index (χ1v) is 10.0. The Kier molecular flexibility index (Phi) is 5.69. The third-order valence-corrected chi connectivity index (χ3v) is 7.16. The summed E-state index contributed by atoms with van der Waals surface area (Å²) >= 11 is 0. The lowest BCUT2D eigenvalue weighted by molar-refractivity contribution is -0.000206. The van der Waals surface area contributed by atoms with Crippen LogP contribution in [0.1, 0.15) is 80.1 Å². The fourth-order valence-electron chi connectivity index (χ4n) is 5.98. The zero-order valence-electron chi connectivity index (χ0n) is 16.4. The summed E-state index contributed by atoms with van der Waals surface area (Å²) in [5, 5.41) is 3.67. The molecule has 1 nitrogen and oxygen atoms in total. The highest BCUT2D eigenvalue weighted by atomic mass is 15.0. The zero-order valence-corrected chi connectivity index (χ0v) is 16.4. The molecule has 0 aromatic rings. The molecule has 1 heterocycles. The standard InChI is InChI=1S/C20H33N.C2H6/c1-6-16-15(17-8-7-12-19(17,3)4)9-10-18-20(16,5)13-11-14(2)21-18;1-2/h11,13,15-18,21H,2,6-10,12H2,1,3-5H3;1-2H3. The quantitative estimate of drug-likeness (QED) is 0.628. The summed E-state index contributed by atoms with van der Waals surface area (Å²) in [5.74, 6) is 2.65. The molecule has 5 unspecified atom stereocenters. The third kappa shape index (κ3) is 3.26. The van der Waals surface area contributed by atoms with E-state index in [4.69, 9.17) is 0 Å². The molecule has 1 N–H and O–H groups in total. The molecule has 0 bridgehead atoms. The monoisotopic (exact) mass is 317 g/mol. The summed E-state index contributed by atoms with van der Waals surface area (Å²) in [5.41, 5.74) is 1.97.